The van der Waals surface area contributed by atoms with Gasteiger partial charge in [0.2, 0.25) is 5.91 Å². The maximum atomic E-state index is 12.5. The van der Waals surface area contributed by atoms with E-state index in [1.807, 2.05) is 0 Å². The van der Waals surface area contributed by atoms with E-state index in [0.29, 0.717) is 12.1 Å². The minimum atomic E-state index is -0.327. The zero-order valence-electron chi connectivity index (χ0n) is 7.59. The molecule has 0 fully saturated rings. The molecule has 0 heterocycles. The van der Waals surface area contributed by atoms with E-state index in [1.165, 1.54) is 24.3 Å². The van der Waals surface area contributed by atoms with E-state index in [-0.39, 0.29) is 18.1 Å². The number of carbonyl (C=O) groups excluding carboxylic acids is 1. The summed E-state index contributed by atoms with van der Waals surface area (Å²) < 4.78 is 12.5. The van der Waals surface area contributed by atoms with Crippen molar-refractivity contribution in [1.29, 1.82) is 0 Å². The smallest absolute Gasteiger partial charge is 0.225 e. The van der Waals surface area contributed by atoms with Crippen LogP contribution in [0.2, 0.25) is 0 Å². The molecule has 1 rings (SSSR count). The monoisotopic (exact) mass is 190 g/mol. The minimum Gasteiger partial charge on any atom is -0.326 e. The SMILES string of the molecule is C#CCCC(=O)Nc1ccc([18F])cc1. The number of anilines is 1. The van der Waals surface area contributed by atoms with Crippen LogP contribution in [0.15, 0.2) is 24.3 Å². The first-order valence-corrected chi connectivity index (χ1v) is 4.21. The highest BCUT2D eigenvalue weighted by atomic mass is 18.2. The van der Waals surface area contributed by atoms with Crippen LogP contribution in [0.4, 0.5) is 10.1 Å². The van der Waals surface area contributed by atoms with Gasteiger partial charge in [0, 0.05) is 18.5 Å². The van der Waals surface area contributed by atoms with Crippen LogP contribution in [0.25, 0.3) is 0 Å². The van der Waals surface area contributed by atoms with Gasteiger partial charge >= 0.3 is 0 Å². The molecule has 0 unspecified atom stereocenters. The first kappa shape index (κ1) is 10.3. The van der Waals surface area contributed by atoms with Crippen molar-refractivity contribution in [3.8, 4) is 12.3 Å². The molecule has 0 spiro atoms. The van der Waals surface area contributed by atoms with E-state index in [9.17, 15) is 9.18 Å². The molecule has 0 atom stereocenters. The third-order valence-electron chi connectivity index (χ3n) is 1.62. The molecule has 14 heavy (non-hydrogen) atoms. The zero-order chi connectivity index (χ0) is 10.4. The quantitative estimate of drug-likeness (QED) is 0.727. The highest BCUT2D eigenvalue weighted by Crippen LogP contribution is 2.08. The van der Waals surface area contributed by atoms with Crippen LogP contribution in [0, 0.1) is 18.2 Å². The summed E-state index contributed by atoms with van der Waals surface area (Å²) in [6.45, 7) is 0. The number of carbonyl (C=O) groups is 1. The topological polar surface area (TPSA) is 29.1 Å². The average Bonchev–Trinajstić information content (AvgIpc) is 2.18. The Kier molecular flexibility index (Phi) is 3.69. The maximum Gasteiger partial charge on any atom is 0.225 e. The van der Waals surface area contributed by atoms with Crippen molar-refractivity contribution in [3.63, 3.8) is 0 Å². The first-order valence-electron chi connectivity index (χ1n) is 4.21. The summed E-state index contributed by atoms with van der Waals surface area (Å²) in [5.74, 6) is 1.89. The van der Waals surface area contributed by atoms with Gasteiger partial charge in [0.05, 0.1) is 0 Å². The van der Waals surface area contributed by atoms with Crippen molar-refractivity contribution < 1.29 is 9.18 Å². The lowest BCUT2D eigenvalue weighted by Gasteiger charge is -2.02. The molecule has 2 nitrogen and oxygen atoms in total. The molecule has 3 heteroatoms. The molecule has 1 aromatic rings. The maximum absolute atomic E-state index is 12.5. The fourth-order valence-electron chi connectivity index (χ4n) is 0.942. The van der Waals surface area contributed by atoms with Gasteiger partial charge in [-0.3, -0.25) is 4.79 Å². The molecular weight excluding hydrogens is 180 g/mol. The third kappa shape index (κ3) is 3.28. The molecule has 0 aliphatic rings. The first-order chi connectivity index (χ1) is 6.72. The number of halogens is 1. The molecule has 1 aromatic carbocycles. The molecule has 0 aliphatic heterocycles. The standard InChI is InChI=1S/C11H10FNO/c1-2-3-4-11(14)13-10-7-5-9(12)6-8-10/h1,5-8H,3-4H2,(H,13,14)/i12-1. The largest absolute Gasteiger partial charge is 0.326 e. The van der Waals surface area contributed by atoms with Crippen molar-refractivity contribution in [2.45, 2.75) is 12.8 Å². The van der Waals surface area contributed by atoms with Gasteiger partial charge in [-0.1, -0.05) is 0 Å². The van der Waals surface area contributed by atoms with Crippen molar-refractivity contribution in [2.75, 3.05) is 5.32 Å². The highest BCUT2D eigenvalue weighted by Gasteiger charge is 2.00. The van der Waals surface area contributed by atoms with E-state index >= 15 is 0 Å². The fourth-order valence-corrected chi connectivity index (χ4v) is 0.942. The summed E-state index contributed by atoms with van der Waals surface area (Å²) in [4.78, 5) is 11.2. The van der Waals surface area contributed by atoms with Crippen LogP contribution in [0.3, 0.4) is 0 Å². The Morgan fingerprint density at radius 2 is 2.07 bits per heavy atom. The van der Waals surface area contributed by atoms with Crippen LogP contribution in [-0.2, 0) is 4.79 Å². The van der Waals surface area contributed by atoms with Gasteiger partial charge in [0.15, 0.2) is 0 Å². The summed E-state index contributed by atoms with van der Waals surface area (Å²) in [5.41, 5.74) is 0.577. The predicted molar refractivity (Wildman–Crippen MR) is 53.1 cm³/mol. The number of hydrogen-bond acceptors (Lipinski definition) is 1. The fraction of sp³-hybridized carbons (Fsp3) is 0.182. The van der Waals surface area contributed by atoms with Crippen LogP contribution >= 0.6 is 0 Å². The van der Waals surface area contributed by atoms with Crippen LogP contribution < -0.4 is 5.32 Å². The molecule has 0 saturated carbocycles. The molecule has 1 amide bonds. The Labute approximate surface area is 82.1 Å². The predicted octanol–water partition coefficient (Wildman–Crippen LogP) is 2.18. The number of rotatable bonds is 3. The number of terminal acetylenes is 1. The lowest BCUT2D eigenvalue weighted by Crippen LogP contribution is -2.10. The van der Waals surface area contributed by atoms with Gasteiger partial charge in [-0.15, -0.1) is 12.3 Å². The lowest BCUT2D eigenvalue weighted by molar-refractivity contribution is -0.116. The van der Waals surface area contributed by atoms with Gasteiger partial charge in [-0.05, 0) is 24.3 Å². The van der Waals surface area contributed by atoms with Crippen molar-refractivity contribution in [1.82, 2.24) is 0 Å². The summed E-state index contributed by atoms with van der Waals surface area (Å²) in [6, 6.07) is 5.58. The Balaban J connectivity index is 2.49. The minimum absolute atomic E-state index is 0.158. The summed E-state index contributed by atoms with van der Waals surface area (Å²) in [7, 11) is 0. The van der Waals surface area contributed by atoms with Crippen LogP contribution in [-0.4, -0.2) is 5.91 Å². The molecular formula is C11H10FNO. The van der Waals surface area contributed by atoms with E-state index in [4.69, 9.17) is 6.42 Å². The molecule has 72 valence electrons. The van der Waals surface area contributed by atoms with Gasteiger partial charge in [-0.25, -0.2) is 4.39 Å². The van der Waals surface area contributed by atoms with Gasteiger partial charge in [0.1, 0.15) is 5.82 Å². The van der Waals surface area contributed by atoms with Crippen molar-refractivity contribution in [3.05, 3.63) is 30.1 Å². The molecule has 0 aliphatic carbocycles. The average molecular weight is 190 g/mol. The number of hydrogen-bond donors (Lipinski definition) is 1. The summed E-state index contributed by atoms with van der Waals surface area (Å²) in [5, 5.41) is 2.60. The van der Waals surface area contributed by atoms with E-state index in [1.54, 1.807) is 0 Å². The Bertz CT molecular complexity index is 351. The van der Waals surface area contributed by atoms with E-state index in [2.05, 4.69) is 11.2 Å². The van der Waals surface area contributed by atoms with Gasteiger partial charge in [0.25, 0.3) is 0 Å². The van der Waals surface area contributed by atoms with Crippen molar-refractivity contribution >= 4 is 11.6 Å². The number of nitrogens with one attached hydrogen (secondary N) is 1. The van der Waals surface area contributed by atoms with E-state index < -0.39 is 0 Å². The molecule has 0 saturated heterocycles. The molecule has 1 N–H and O–H groups in total. The normalized spacial score (nSPS) is 9.14. The zero-order valence-corrected chi connectivity index (χ0v) is 7.59. The Morgan fingerprint density at radius 3 is 2.64 bits per heavy atom. The third-order valence-corrected chi connectivity index (χ3v) is 1.62. The lowest BCUT2D eigenvalue weighted by atomic mass is 10.2. The van der Waals surface area contributed by atoms with Crippen LogP contribution in [0.1, 0.15) is 12.8 Å². The van der Waals surface area contributed by atoms with Gasteiger partial charge < -0.3 is 5.32 Å². The highest BCUT2D eigenvalue weighted by molar-refractivity contribution is 5.90. The second kappa shape index (κ2) is 5.03. The summed E-state index contributed by atoms with van der Waals surface area (Å²) >= 11 is 0. The van der Waals surface area contributed by atoms with Crippen molar-refractivity contribution in [2.24, 2.45) is 0 Å². The second-order valence-electron chi connectivity index (χ2n) is 2.76. The molecule has 0 bridgehead atoms. The number of benzene rings is 1. The Hall–Kier alpha value is -1.82. The molecule has 0 radical (unpaired) electrons. The van der Waals surface area contributed by atoms with Crippen LogP contribution in [0.5, 0.6) is 0 Å². The van der Waals surface area contributed by atoms with Gasteiger partial charge in [-0.2, -0.15) is 0 Å². The van der Waals surface area contributed by atoms with E-state index in [0.717, 1.165) is 0 Å². The Morgan fingerprint density at radius 1 is 1.43 bits per heavy atom. The second-order valence-corrected chi connectivity index (χ2v) is 2.76. The number of amides is 1. The molecule has 0 aromatic heterocycles. The summed E-state index contributed by atoms with van der Waals surface area (Å²) in [6.07, 6.45) is 5.71.